The fourth-order valence-corrected chi connectivity index (χ4v) is 2.19. The predicted octanol–water partition coefficient (Wildman–Crippen LogP) is 4.05. The first-order valence-electron chi connectivity index (χ1n) is 9.24. The largest absolute Gasteiger partial charge is 0.424 e. The molecule has 0 bridgehead atoms. The van der Waals surface area contributed by atoms with Crippen LogP contribution >= 0.6 is 0 Å². The number of halogens is 4. The fourth-order valence-electron chi connectivity index (χ4n) is 2.19. The molecule has 0 aromatic carbocycles. The number of amidine groups is 1. The average molecular weight is 453 g/mol. The van der Waals surface area contributed by atoms with Gasteiger partial charge in [0, 0.05) is 11.9 Å². The lowest BCUT2D eigenvalue weighted by atomic mass is 10.1. The van der Waals surface area contributed by atoms with Crippen LogP contribution in [0.3, 0.4) is 0 Å². The molecule has 0 spiro atoms. The van der Waals surface area contributed by atoms with E-state index in [1.54, 1.807) is 6.92 Å². The first kappa shape index (κ1) is 26.5. The van der Waals surface area contributed by atoms with Crippen molar-refractivity contribution in [1.29, 1.82) is 10.7 Å². The number of carbonyl (C=O) groups excluding carboxylic acids is 1. The monoisotopic (exact) mass is 453 g/mol. The van der Waals surface area contributed by atoms with Crippen LogP contribution in [-0.2, 0) is 4.74 Å². The van der Waals surface area contributed by atoms with Crippen molar-refractivity contribution in [2.24, 2.45) is 5.73 Å². The van der Waals surface area contributed by atoms with Crippen LogP contribution in [0.15, 0.2) is 53.7 Å². The number of nitriles is 1. The number of aromatic nitrogens is 1. The van der Waals surface area contributed by atoms with Crippen LogP contribution in [-0.4, -0.2) is 35.1 Å². The number of ether oxygens (including phenoxy) is 1. The molecule has 1 amide bonds. The molecular formula is C21H23F4N5O2. The molecule has 0 aliphatic heterocycles. The zero-order valence-electron chi connectivity index (χ0n) is 17.7. The minimum atomic E-state index is -4.87. The van der Waals surface area contributed by atoms with E-state index in [0.29, 0.717) is 12.5 Å². The van der Waals surface area contributed by atoms with Gasteiger partial charge in [-0.25, -0.2) is 9.37 Å². The third-order valence-corrected chi connectivity index (χ3v) is 4.22. The Hall–Kier alpha value is -3.52. The smallest absolute Gasteiger partial charge is 0.385 e. The highest BCUT2D eigenvalue weighted by Gasteiger charge is 2.55. The van der Waals surface area contributed by atoms with Crippen LogP contribution in [0.5, 0.6) is 0 Å². The van der Waals surface area contributed by atoms with Crippen LogP contribution in [0.4, 0.5) is 17.6 Å². The van der Waals surface area contributed by atoms with E-state index in [1.165, 1.54) is 37.4 Å². The van der Waals surface area contributed by atoms with Crippen molar-refractivity contribution in [2.75, 3.05) is 6.61 Å². The molecule has 0 radical (unpaired) electrons. The summed E-state index contributed by atoms with van der Waals surface area (Å²) >= 11 is 0. The molecule has 0 unspecified atom stereocenters. The van der Waals surface area contributed by atoms with Gasteiger partial charge in [0.15, 0.2) is 0 Å². The molecule has 0 fully saturated rings. The molecule has 1 aromatic rings. The highest BCUT2D eigenvalue weighted by Crippen LogP contribution is 2.33. The molecule has 4 N–H and O–H groups in total. The second-order valence-corrected chi connectivity index (χ2v) is 6.91. The lowest BCUT2D eigenvalue weighted by Gasteiger charge is -2.30. The number of hydrogen-bond acceptors (Lipinski definition) is 5. The van der Waals surface area contributed by atoms with Crippen LogP contribution in [0.2, 0.25) is 0 Å². The fraction of sp³-hybridized carbons (Fsp3) is 0.333. The molecule has 7 nitrogen and oxygen atoms in total. The van der Waals surface area contributed by atoms with Gasteiger partial charge in [0.2, 0.25) is 5.60 Å². The van der Waals surface area contributed by atoms with Crippen molar-refractivity contribution in [1.82, 2.24) is 10.3 Å². The van der Waals surface area contributed by atoms with Gasteiger partial charge in [-0.05, 0) is 57.6 Å². The lowest BCUT2D eigenvalue weighted by molar-refractivity contribution is -0.241. The van der Waals surface area contributed by atoms with Crippen molar-refractivity contribution in [2.45, 2.75) is 39.0 Å². The zero-order chi connectivity index (χ0) is 24.5. The summed E-state index contributed by atoms with van der Waals surface area (Å²) in [5, 5.41) is 18.5. The van der Waals surface area contributed by atoms with Gasteiger partial charge in [0.05, 0.1) is 18.0 Å². The first-order valence-corrected chi connectivity index (χ1v) is 9.24. The average Bonchev–Trinajstić information content (AvgIpc) is 2.70. The minimum absolute atomic E-state index is 0.00707. The quantitative estimate of drug-likeness (QED) is 0.225. The summed E-state index contributed by atoms with van der Waals surface area (Å²) < 4.78 is 57.4. The number of hydrogen-bond donors (Lipinski definition) is 3. The lowest BCUT2D eigenvalue weighted by Crippen LogP contribution is -2.54. The third kappa shape index (κ3) is 7.63. The van der Waals surface area contributed by atoms with Crippen molar-refractivity contribution >= 4 is 11.7 Å². The highest BCUT2D eigenvalue weighted by atomic mass is 19.4. The number of rotatable bonds is 9. The standard InChI is InChI=1S/C21H23F4N5O2/c1-13(8-9-32-20(3,19(27)28)21(23,24)25)10-16(6-4-14(2)22)30-18(31)17-7-5-15(11-26)12-29-17/h4-7,10,12H,8-9H2,1-3H3,(H3,27,28)(H,30,31)/b13-10+,14-4+,16-6+/t20-/m1/s1. The van der Waals surface area contributed by atoms with E-state index in [2.05, 4.69) is 10.3 Å². The Labute approximate surface area is 182 Å². The third-order valence-electron chi connectivity index (χ3n) is 4.22. The molecule has 1 aromatic heterocycles. The summed E-state index contributed by atoms with van der Waals surface area (Å²) in [5.41, 5.74) is 3.06. The second kappa shape index (κ2) is 11.2. The molecule has 1 rings (SSSR count). The minimum Gasteiger partial charge on any atom is -0.385 e. The number of allylic oxidation sites excluding steroid dienone is 4. The van der Waals surface area contributed by atoms with Crippen LogP contribution in [0, 0.1) is 16.7 Å². The molecule has 1 heterocycles. The molecule has 0 aliphatic rings. The van der Waals surface area contributed by atoms with Gasteiger partial charge in [-0.1, -0.05) is 5.57 Å². The van der Waals surface area contributed by atoms with Gasteiger partial charge < -0.3 is 15.8 Å². The Morgan fingerprint density at radius 2 is 2.00 bits per heavy atom. The maximum absolute atomic E-state index is 13.1. The Morgan fingerprint density at radius 3 is 2.47 bits per heavy atom. The number of alkyl halides is 3. The topological polar surface area (TPSA) is 125 Å². The highest BCUT2D eigenvalue weighted by molar-refractivity contribution is 5.93. The number of nitrogens with zero attached hydrogens (tertiary/aromatic N) is 2. The Kier molecular flexibility index (Phi) is 9.28. The van der Waals surface area contributed by atoms with E-state index >= 15 is 0 Å². The van der Waals surface area contributed by atoms with Crippen molar-refractivity contribution < 1.29 is 27.1 Å². The summed E-state index contributed by atoms with van der Waals surface area (Å²) in [7, 11) is 0. The van der Waals surface area contributed by atoms with Gasteiger partial charge in [-0.3, -0.25) is 10.2 Å². The molecule has 0 aliphatic carbocycles. The van der Waals surface area contributed by atoms with Gasteiger partial charge >= 0.3 is 6.18 Å². The Bertz CT molecular complexity index is 971. The number of nitrogens with two attached hydrogens (primary N) is 1. The van der Waals surface area contributed by atoms with Crippen LogP contribution < -0.4 is 11.1 Å². The number of carbonyl (C=O) groups is 1. The zero-order valence-corrected chi connectivity index (χ0v) is 17.7. The summed E-state index contributed by atoms with van der Waals surface area (Å²) in [6.45, 7) is 3.03. The second-order valence-electron chi connectivity index (χ2n) is 6.91. The molecule has 0 saturated carbocycles. The van der Waals surface area contributed by atoms with E-state index in [-0.39, 0.29) is 23.4 Å². The predicted molar refractivity (Wildman–Crippen MR) is 110 cm³/mol. The van der Waals surface area contributed by atoms with E-state index in [4.69, 9.17) is 21.1 Å². The molecular weight excluding hydrogens is 430 g/mol. The number of nitrogens with one attached hydrogen (secondary N) is 2. The number of pyridine rings is 1. The van der Waals surface area contributed by atoms with Crippen molar-refractivity contribution in [3.8, 4) is 6.07 Å². The molecule has 1 atom stereocenters. The summed E-state index contributed by atoms with van der Waals surface area (Å²) in [6, 6.07) is 4.62. The molecule has 11 heteroatoms. The van der Waals surface area contributed by atoms with E-state index in [1.807, 2.05) is 6.07 Å². The maximum Gasteiger partial charge on any atom is 0.424 e. The van der Waals surface area contributed by atoms with Crippen LogP contribution in [0.1, 0.15) is 43.2 Å². The van der Waals surface area contributed by atoms with Gasteiger partial charge in [0.1, 0.15) is 17.6 Å². The molecule has 32 heavy (non-hydrogen) atoms. The van der Waals surface area contributed by atoms with E-state index < -0.39 is 36.0 Å². The summed E-state index contributed by atoms with van der Waals surface area (Å²) in [5.74, 6) is -2.34. The molecule has 0 saturated heterocycles. The van der Waals surface area contributed by atoms with E-state index in [0.717, 1.165) is 6.08 Å². The Morgan fingerprint density at radius 1 is 1.34 bits per heavy atom. The SMILES string of the molecule is C\C(F)=C/C=C(\C=C(/C)CCO[C@](C)(C(=N)N)C(F)(F)F)NC(=O)c1ccc(C#N)cn1. The van der Waals surface area contributed by atoms with Gasteiger partial charge in [0.25, 0.3) is 5.91 Å². The van der Waals surface area contributed by atoms with E-state index in [9.17, 15) is 22.4 Å². The van der Waals surface area contributed by atoms with Gasteiger partial charge in [-0.15, -0.1) is 0 Å². The number of amides is 1. The summed E-state index contributed by atoms with van der Waals surface area (Å²) in [4.78, 5) is 16.2. The maximum atomic E-state index is 13.1. The van der Waals surface area contributed by atoms with Gasteiger partial charge in [-0.2, -0.15) is 18.4 Å². The van der Waals surface area contributed by atoms with Crippen LogP contribution in [0.25, 0.3) is 0 Å². The Balaban J connectivity index is 2.96. The summed E-state index contributed by atoms with van der Waals surface area (Å²) in [6.07, 6.45) is 0.167. The van der Waals surface area contributed by atoms with Crippen molar-refractivity contribution in [3.63, 3.8) is 0 Å². The normalized spacial score (nSPS) is 15.0. The first-order chi connectivity index (χ1) is 14.8. The molecule has 172 valence electrons. The van der Waals surface area contributed by atoms with Crippen molar-refractivity contribution in [3.05, 3.63) is 64.9 Å².